The Labute approximate surface area is 170 Å². The number of aliphatic hydroxyl groups is 1. The predicted molar refractivity (Wildman–Crippen MR) is 112 cm³/mol. The quantitative estimate of drug-likeness (QED) is 0.620. The summed E-state index contributed by atoms with van der Waals surface area (Å²) in [6.45, 7) is 5.94. The van der Waals surface area contributed by atoms with E-state index in [-0.39, 0.29) is 11.7 Å². The summed E-state index contributed by atoms with van der Waals surface area (Å²) >= 11 is 1.52. The lowest BCUT2D eigenvalue weighted by Crippen LogP contribution is -2.38. The summed E-state index contributed by atoms with van der Waals surface area (Å²) in [5.41, 5.74) is 3.12. The molecule has 0 saturated heterocycles. The number of rotatable bonds is 6. The van der Waals surface area contributed by atoms with Crippen molar-refractivity contribution in [2.24, 2.45) is 0 Å². The van der Waals surface area contributed by atoms with E-state index >= 15 is 0 Å². The minimum atomic E-state index is -0.770. The fourth-order valence-electron chi connectivity index (χ4n) is 3.05. The highest BCUT2D eigenvalue weighted by molar-refractivity contribution is 7.99. The molecule has 1 amide bonds. The zero-order chi connectivity index (χ0) is 20.3. The van der Waals surface area contributed by atoms with Gasteiger partial charge in [0.25, 0.3) is 5.91 Å². The maximum atomic E-state index is 12.8. The molecular weight excluding hydrogens is 370 g/mol. The Hall–Kier alpha value is -2.50. The summed E-state index contributed by atoms with van der Waals surface area (Å²) < 4.78 is 5.81. The lowest BCUT2D eigenvalue weighted by atomic mass is 10.0. The van der Waals surface area contributed by atoms with E-state index in [2.05, 4.69) is 26.0 Å². The summed E-state index contributed by atoms with van der Waals surface area (Å²) in [6.07, 6.45) is -0.770. The van der Waals surface area contributed by atoms with E-state index in [1.165, 1.54) is 27.8 Å². The molecule has 0 aliphatic rings. The van der Waals surface area contributed by atoms with Gasteiger partial charge in [-0.25, -0.2) is 0 Å². The number of hydrogen-bond donors (Lipinski definition) is 1. The van der Waals surface area contributed by atoms with Gasteiger partial charge in [-0.2, -0.15) is 0 Å². The molecule has 146 valence electrons. The van der Waals surface area contributed by atoms with Gasteiger partial charge in [0.15, 0.2) is 10.9 Å². The SMILES string of the molecule is Cc1cccc(C)c1Sc1ccc(C(=O)N(C)C(C)C(O)c2ccccc2)o1. The first-order valence-corrected chi connectivity index (χ1v) is 10.0. The van der Waals surface area contributed by atoms with Crippen LogP contribution in [0.5, 0.6) is 0 Å². The Morgan fingerprint density at radius 2 is 1.64 bits per heavy atom. The Balaban J connectivity index is 1.73. The molecule has 28 heavy (non-hydrogen) atoms. The average molecular weight is 396 g/mol. The van der Waals surface area contributed by atoms with E-state index in [1.54, 1.807) is 13.1 Å². The first-order valence-electron chi connectivity index (χ1n) is 9.22. The van der Waals surface area contributed by atoms with Crippen molar-refractivity contribution in [1.82, 2.24) is 4.90 Å². The molecule has 2 aromatic carbocycles. The molecule has 0 saturated carbocycles. The molecule has 1 heterocycles. The number of benzene rings is 2. The summed E-state index contributed by atoms with van der Waals surface area (Å²) in [6, 6.07) is 18.6. The number of aryl methyl sites for hydroxylation is 2. The molecule has 3 rings (SSSR count). The third kappa shape index (κ3) is 4.32. The third-order valence-corrected chi connectivity index (χ3v) is 6.20. The van der Waals surface area contributed by atoms with E-state index in [4.69, 9.17) is 4.42 Å². The molecule has 2 unspecified atom stereocenters. The van der Waals surface area contributed by atoms with Crippen LogP contribution in [-0.4, -0.2) is 29.0 Å². The van der Waals surface area contributed by atoms with Crippen molar-refractivity contribution in [3.8, 4) is 0 Å². The molecule has 0 fully saturated rings. The van der Waals surface area contributed by atoms with E-state index < -0.39 is 12.1 Å². The maximum absolute atomic E-state index is 12.8. The van der Waals surface area contributed by atoms with Crippen molar-refractivity contribution in [2.75, 3.05) is 7.05 Å². The van der Waals surface area contributed by atoms with Crippen molar-refractivity contribution in [3.63, 3.8) is 0 Å². The van der Waals surface area contributed by atoms with Crippen LogP contribution in [0.1, 0.15) is 40.3 Å². The minimum Gasteiger partial charge on any atom is -0.444 e. The van der Waals surface area contributed by atoms with Crippen LogP contribution < -0.4 is 0 Å². The second-order valence-electron chi connectivity index (χ2n) is 6.95. The molecule has 2 atom stereocenters. The molecule has 3 aromatic rings. The average Bonchev–Trinajstić information content (AvgIpc) is 3.18. The molecule has 1 N–H and O–H groups in total. The molecule has 0 aliphatic carbocycles. The molecule has 0 spiro atoms. The van der Waals surface area contributed by atoms with Crippen LogP contribution in [0.15, 0.2) is 75.1 Å². The van der Waals surface area contributed by atoms with Gasteiger partial charge in [-0.3, -0.25) is 4.79 Å². The Kier molecular flexibility index (Phi) is 6.27. The van der Waals surface area contributed by atoms with Gasteiger partial charge in [-0.15, -0.1) is 0 Å². The van der Waals surface area contributed by atoms with Gasteiger partial charge >= 0.3 is 0 Å². The zero-order valence-electron chi connectivity index (χ0n) is 16.5. The Bertz CT molecular complexity index is 931. The maximum Gasteiger partial charge on any atom is 0.289 e. The number of furan rings is 1. The lowest BCUT2D eigenvalue weighted by molar-refractivity contribution is 0.0457. The molecular formula is C23H25NO3S. The minimum absolute atomic E-state index is 0.254. The van der Waals surface area contributed by atoms with Gasteiger partial charge < -0.3 is 14.4 Å². The molecule has 0 aliphatic heterocycles. The lowest BCUT2D eigenvalue weighted by Gasteiger charge is -2.28. The standard InChI is InChI=1S/C23H25NO3S/c1-15-9-8-10-16(2)22(15)28-20-14-13-19(27-20)23(26)24(4)17(3)21(25)18-11-6-5-7-12-18/h5-14,17,21,25H,1-4H3. The Morgan fingerprint density at radius 3 is 2.29 bits per heavy atom. The van der Waals surface area contributed by atoms with Crippen molar-refractivity contribution < 1.29 is 14.3 Å². The zero-order valence-corrected chi connectivity index (χ0v) is 17.4. The first kappa shape index (κ1) is 20.2. The smallest absolute Gasteiger partial charge is 0.289 e. The third-order valence-electron chi connectivity index (χ3n) is 4.93. The predicted octanol–water partition coefficient (Wildman–Crippen LogP) is 5.24. The number of likely N-dealkylation sites (N-methyl/N-ethyl adjacent to an activating group) is 1. The van der Waals surface area contributed by atoms with Gasteiger partial charge in [0.1, 0.15) is 0 Å². The summed E-state index contributed by atoms with van der Waals surface area (Å²) in [5.74, 6) is 0.0131. The topological polar surface area (TPSA) is 53.7 Å². The molecule has 0 bridgehead atoms. The second kappa shape index (κ2) is 8.67. The highest BCUT2D eigenvalue weighted by atomic mass is 32.2. The number of carbonyl (C=O) groups is 1. The van der Waals surface area contributed by atoms with Crippen LogP contribution in [0.3, 0.4) is 0 Å². The van der Waals surface area contributed by atoms with Gasteiger partial charge in [0.2, 0.25) is 0 Å². The van der Waals surface area contributed by atoms with Gasteiger partial charge in [-0.05, 0) is 49.6 Å². The number of amides is 1. The highest BCUT2D eigenvalue weighted by Gasteiger charge is 2.26. The van der Waals surface area contributed by atoms with Crippen molar-refractivity contribution in [3.05, 3.63) is 83.1 Å². The molecule has 1 aromatic heterocycles. The van der Waals surface area contributed by atoms with Gasteiger partial charge in [0.05, 0.1) is 12.1 Å². The van der Waals surface area contributed by atoms with Crippen LogP contribution in [0, 0.1) is 13.8 Å². The van der Waals surface area contributed by atoms with Crippen molar-refractivity contribution >= 4 is 17.7 Å². The van der Waals surface area contributed by atoms with Crippen LogP contribution in [0.4, 0.5) is 0 Å². The van der Waals surface area contributed by atoms with E-state index in [0.717, 1.165) is 10.5 Å². The van der Waals surface area contributed by atoms with Crippen molar-refractivity contribution in [2.45, 2.75) is 42.9 Å². The number of aliphatic hydroxyl groups excluding tert-OH is 1. The summed E-state index contributed by atoms with van der Waals surface area (Å²) in [4.78, 5) is 15.5. The Morgan fingerprint density at radius 1 is 1.00 bits per heavy atom. The van der Waals surface area contributed by atoms with Gasteiger partial charge in [0, 0.05) is 11.9 Å². The van der Waals surface area contributed by atoms with E-state index in [0.29, 0.717) is 5.09 Å². The fourth-order valence-corrected chi connectivity index (χ4v) is 3.98. The summed E-state index contributed by atoms with van der Waals surface area (Å²) in [7, 11) is 1.68. The normalized spacial score (nSPS) is 13.2. The van der Waals surface area contributed by atoms with Crippen LogP contribution in [-0.2, 0) is 0 Å². The molecule has 4 nitrogen and oxygen atoms in total. The fraction of sp³-hybridized carbons (Fsp3) is 0.261. The van der Waals surface area contributed by atoms with Crippen LogP contribution in [0.2, 0.25) is 0 Å². The first-order chi connectivity index (χ1) is 13.4. The largest absolute Gasteiger partial charge is 0.444 e. The second-order valence-corrected chi connectivity index (χ2v) is 7.97. The van der Waals surface area contributed by atoms with Gasteiger partial charge in [-0.1, -0.05) is 60.3 Å². The molecule has 5 heteroatoms. The van der Waals surface area contributed by atoms with Crippen LogP contribution in [0.25, 0.3) is 0 Å². The summed E-state index contributed by atoms with van der Waals surface area (Å²) in [5, 5.41) is 11.3. The van der Waals surface area contributed by atoms with Crippen LogP contribution >= 0.6 is 11.8 Å². The van der Waals surface area contributed by atoms with E-state index in [1.807, 2.05) is 49.4 Å². The monoisotopic (exact) mass is 395 g/mol. The molecule has 0 radical (unpaired) electrons. The number of carbonyl (C=O) groups excluding carboxylic acids is 1. The number of hydrogen-bond acceptors (Lipinski definition) is 4. The van der Waals surface area contributed by atoms with Crippen molar-refractivity contribution in [1.29, 1.82) is 0 Å². The number of nitrogens with zero attached hydrogens (tertiary/aromatic N) is 1. The van der Waals surface area contributed by atoms with E-state index in [9.17, 15) is 9.90 Å². The highest BCUT2D eigenvalue weighted by Crippen LogP contribution is 2.34.